The molecule has 0 radical (unpaired) electrons. The van der Waals surface area contributed by atoms with Crippen molar-refractivity contribution < 1.29 is 9.53 Å². The minimum atomic E-state index is -0.325. The molecule has 4 nitrogen and oxygen atoms in total. The van der Waals surface area contributed by atoms with Gasteiger partial charge in [0.15, 0.2) is 0 Å². The zero-order valence-corrected chi connectivity index (χ0v) is 13.2. The highest BCUT2D eigenvalue weighted by Gasteiger charge is 2.21. The number of nitrogens with one attached hydrogen (secondary N) is 1. The molecule has 2 aromatic carbocycles. The van der Waals surface area contributed by atoms with E-state index in [2.05, 4.69) is 9.97 Å². The molecule has 4 heteroatoms. The molecule has 0 spiro atoms. The van der Waals surface area contributed by atoms with E-state index in [1.807, 2.05) is 61.5 Å². The third-order valence-electron chi connectivity index (χ3n) is 4.09. The normalized spacial score (nSPS) is 11.0. The predicted octanol–water partition coefficient (Wildman–Crippen LogP) is 4.56. The van der Waals surface area contributed by atoms with Crippen LogP contribution in [0, 0.1) is 0 Å². The topological polar surface area (TPSA) is 55.0 Å². The molecule has 4 aromatic rings. The Hall–Kier alpha value is -3.14. The molecule has 0 saturated heterocycles. The molecule has 0 unspecified atom stereocenters. The molecule has 118 valence electrons. The molecular formula is C20H16N2O2. The number of carbonyl (C=O) groups is 1. The fourth-order valence-electron chi connectivity index (χ4n) is 3.06. The summed E-state index contributed by atoms with van der Waals surface area (Å²) in [6.45, 7) is 2.15. The van der Waals surface area contributed by atoms with Gasteiger partial charge in [-0.2, -0.15) is 0 Å². The molecule has 0 aliphatic rings. The Morgan fingerprint density at radius 2 is 1.83 bits per heavy atom. The number of rotatable bonds is 3. The second-order valence-electron chi connectivity index (χ2n) is 5.53. The monoisotopic (exact) mass is 316 g/mol. The van der Waals surface area contributed by atoms with Crippen molar-refractivity contribution in [2.45, 2.75) is 6.92 Å². The van der Waals surface area contributed by atoms with Gasteiger partial charge >= 0.3 is 5.97 Å². The van der Waals surface area contributed by atoms with E-state index in [4.69, 9.17) is 4.74 Å². The Labute approximate surface area is 139 Å². The fraction of sp³-hybridized carbons (Fsp3) is 0.100. The number of fused-ring (bicyclic) bond motifs is 3. The van der Waals surface area contributed by atoms with Crippen molar-refractivity contribution in [3.05, 3.63) is 66.4 Å². The largest absolute Gasteiger partial charge is 0.462 e. The number of para-hydroxylation sites is 1. The van der Waals surface area contributed by atoms with Gasteiger partial charge in [-0.1, -0.05) is 48.5 Å². The molecule has 24 heavy (non-hydrogen) atoms. The second kappa shape index (κ2) is 5.81. The standard InChI is InChI=1S/C20H16N2O2/c1-2-24-20(23)18-15(13-8-4-3-5-9-13)12-21-19-17(18)14-10-6-7-11-16(14)22-19/h3-12H,2H2,1H3,(H,21,22). The van der Waals surface area contributed by atoms with Gasteiger partial charge in [-0.05, 0) is 18.6 Å². The Balaban J connectivity index is 2.11. The van der Waals surface area contributed by atoms with Crippen molar-refractivity contribution in [3.63, 3.8) is 0 Å². The minimum absolute atomic E-state index is 0.325. The first kappa shape index (κ1) is 14.5. The molecule has 0 bridgehead atoms. The number of nitrogens with zero attached hydrogens (tertiary/aromatic N) is 1. The number of aromatic amines is 1. The summed E-state index contributed by atoms with van der Waals surface area (Å²) >= 11 is 0. The number of hydrogen-bond acceptors (Lipinski definition) is 3. The first-order chi connectivity index (χ1) is 11.8. The first-order valence-corrected chi connectivity index (χ1v) is 7.91. The summed E-state index contributed by atoms with van der Waals surface area (Å²) in [7, 11) is 0. The molecule has 0 fully saturated rings. The summed E-state index contributed by atoms with van der Waals surface area (Å²) in [5, 5.41) is 1.78. The van der Waals surface area contributed by atoms with Gasteiger partial charge < -0.3 is 9.72 Å². The van der Waals surface area contributed by atoms with Gasteiger partial charge in [-0.25, -0.2) is 9.78 Å². The molecule has 0 aliphatic heterocycles. The highest BCUT2D eigenvalue weighted by Crippen LogP contribution is 2.34. The summed E-state index contributed by atoms with van der Waals surface area (Å²) in [6, 6.07) is 17.7. The van der Waals surface area contributed by atoms with E-state index in [0.717, 1.165) is 27.4 Å². The van der Waals surface area contributed by atoms with Crippen LogP contribution in [0.25, 0.3) is 33.1 Å². The van der Waals surface area contributed by atoms with Crippen molar-refractivity contribution in [2.24, 2.45) is 0 Å². The lowest BCUT2D eigenvalue weighted by Gasteiger charge is -2.10. The van der Waals surface area contributed by atoms with Gasteiger partial charge in [0.25, 0.3) is 0 Å². The van der Waals surface area contributed by atoms with Crippen LogP contribution in [0.4, 0.5) is 0 Å². The SMILES string of the molecule is CCOC(=O)c1c(-c2ccccc2)cnc2[nH]c3ccccc3c12. The van der Waals surface area contributed by atoms with Crippen LogP contribution in [0.2, 0.25) is 0 Å². The Bertz CT molecular complexity index is 1040. The molecule has 2 heterocycles. The van der Waals surface area contributed by atoms with E-state index in [9.17, 15) is 4.79 Å². The summed E-state index contributed by atoms with van der Waals surface area (Å²) in [5.74, 6) is -0.325. The average molecular weight is 316 g/mol. The van der Waals surface area contributed by atoms with E-state index in [1.54, 1.807) is 6.20 Å². The lowest BCUT2D eigenvalue weighted by Crippen LogP contribution is -2.08. The van der Waals surface area contributed by atoms with E-state index >= 15 is 0 Å². The summed E-state index contributed by atoms with van der Waals surface area (Å²) in [5.41, 5.74) is 3.94. The summed E-state index contributed by atoms with van der Waals surface area (Å²) in [4.78, 5) is 20.5. The molecule has 1 N–H and O–H groups in total. The number of pyridine rings is 1. The molecule has 0 aliphatic carbocycles. The highest BCUT2D eigenvalue weighted by molar-refractivity contribution is 6.18. The van der Waals surface area contributed by atoms with Gasteiger partial charge in [0.1, 0.15) is 5.65 Å². The zero-order chi connectivity index (χ0) is 16.5. The smallest absolute Gasteiger partial charge is 0.339 e. The van der Waals surface area contributed by atoms with Gasteiger partial charge in [0, 0.05) is 28.0 Å². The van der Waals surface area contributed by atoms with Crippen molar-refractivity contribution in [1.82, 2.24) is 9.97 Å². The van der Waals surface area contributed by atoms with E-state index in [0.29, 0.717) is 17.8 Å². The van der Waals surface area contributed by atoms with Gasteiger partial charge in [-0.15, -0.1) is 0 Å². The Morgan fingerprint density at radius 3 is 2.62 bits per heavy atom. The zero-order valence-electron chi connectivity index (χ0n) is 13.2. The third kappa shape index (κ3) is 2.24. The lowest BCUT2D eigenvalue weighted by molar-refractivity contribution is 0.0529. The van der Waals surface area contributed by atoms with Gasteiger partial charge in [0.2, 0.25) is 0 Å². The number of ether oxygens (including phenoxy) is 1. The summed E-state index contributed by atoms with van der Waals surface area (Å²) in [6.07, 6.45) is 1.74. The van der Waals surface area contributed by atoms with Crippen molar-refractivity contribution in [2.75, 3.05) is 6.61 Å². The number of carbonyl (C=O) groups excluding carboxylic acids is 1. The van der Waals surface area contributed by atoms with E-state index in [-0.39, 0.29) is 5.97 Å². The maximum Gasteiger partial charge on any atom is 0.339 e. The van der Waals surface area contributed by atoms with Crippen LogP contribution < -0.4 is 0 Å². The third-order valence-corrected chi connectivity index (χ3v) is 4.09. The number of hydrogen-bond donors (Lipinski definition) is 1. The number of aromatic nitrogens is 2. The maximum absolute atomic E-state index is 12.7. The fourth-order valence-corrected chi connectivity index (χ4v) is 3.06. The lowest BCUT2D eigenvalue weighted by atomic mass is 9.98. The molecule has 0 atom stereocenters. The predicted molar refractivity (Wildman–Crippen MR) is 95.0 cm³/mol. The Kier molecular flexibility index (Phi) is 3.50. The number of H-pyrrole nitrogens is 1. The van der Waals surface area contributed by atoms with Gasteiger partial charge in [0.05, 0.1) is 12.2 Å². The van der Waals surface area contributed by atoms with E-state index < -0.39 is 0 Å². The maximum atomic E-state index is 12.7. The van der Waals surface area contributed by atoms with Crippen LogP contribution in [0.5, 0.6) is 0 Å². The van der Waals surface area contributed by atoms with Crippen molar-refractivity contribution in [3.8, 4) is 11.1 Å². The second-order valence-corrected chi connectivity index (χ2v) is 5.53. The first-order valence-electron chi connectivity index (χ1n) is 7.91. The van der Waals surface area contributed by atoms with Crippen LogP contribution in [0.3, 0.4) is 0 Å². The highest BCUT2D eigenvalue weighted by atomic mass is 16.5. The molecule has 4 rings (SSSR count). The summed E-state index contributed by atoms with van der Waals surface area (Å²) < 4.78 is 5.34. The van der Waals surface area contributed by atoms with Crippen LogP contribution in [0.15, 0.2) is 60.8 Å². The minimum Gasteiger partial charge on any atom is -0.462 e. The van der Waals surface area contributed by atoms with Gasteiger partial charge in [-0.3, -0.25) is 0 Å². The van der Waals surface area contributed by atoms with Crippen LogP contribution in [-0.2, 0) is 4.74 Å². The average Bonchev–Trinajstić information content (AvgIpc) is 3.00. The molecule has 2 aromatic heterocycles. The van der Waals surface area contributed by atoms with Crippen LogP contribution in [-0.4, -0.2) is 22.5 Å². The Morgan fingerprint density at radius 1 is 1.08 bits per heavy atom. The van der Waals surface area contributed by atoms with Crippen molar-refractivity contribution in [1.29, 1.82) is 0 Å². The van der Waals surface area contributed by atoms with Crippen LogP contribution >= 0.6 is 0 Å². The van der Waals surface area contributed by atoms with Crippen LogP contribution in [0.1, 0.15) is 17.3 Å². The quantitative estimate of drug-likeness (QED) is 0.564. The molecule has 0 saturated carbocycles. The number of benzene rings is 2. The molecule has 0 amide bonds. The number of esters is 1. The molecular weight excluding hydrogens is 300 g/mol. The van der Waals surface area contributed by atoms with E-state index in [1.165, 1.54) is 0 Å². The van der Waals surface area contributed by atoms with Crippen molar-refractivity contribution >= 4 is 27.9 Å².